The fourth-order valence-electron chi connectivity index (χ4n) is 2.68. The minimum absolute atomic E-state index is 0.700. The minimum atomic E-state index is 0.700. The predicted molar refractivity (Wildman–Crippen MR) is 99.2 cm³/mol. The van der Waals surface area contributed by atoms with E-state index in [4.69, 9.17) is 9.97 Å². The van der Waals surface area contributed by atoms with Gasteiger partial charge in [0.05, 0.1) is 22.6 Å². The largest absolute Gasteiger partial charge is 0.353 e. The number of anilines is 1. The van der Waals surface area contributed by atoms with Crippen LogP contribution in [0, 0.1) is 0 Å². The van der Waals surface area contributed by atoms with Crippen molar-refractivity contribution in [3.05, 3.63) is 71.9 Å². The number of hydrogen-bond acceptors (Lipinski definition) is 5. The second kappa shape index (κ2) is 6.37. The molecule has 4 rings (SSSR count). The number of aromatic nitrogens is 3. The molecule has 0 unspecified atom stereocenters. The third kappa shape index (κ3) is 2.86. The molecule has 3 heterocycles. The summed E-state index contributed by atoms with van der Waals surface area (Å²) in [5.41, 5.74) is 1.97. The van der Waals surface area contributed by atoms with E-state index in [2.05, 4.69) is 22.0 Å². The molecule has 0 spiro atoms. The van der Waals surface area contributed by atoms with Crippen LogP contribution in [0.4, 0.5) is 5.82 Å². The maximum atomic E-state index is 4.84. The van der Waals surface area contributed by atoms with Crippen molar-refractivity contribution < 1.29 is 0 Å². The number of nitrogens with zero attached hydrogens (tertiary/aromatic N) is 4. The third-order valence-corrected chi connectivity index (χ3v) is 4.68. The van der Waals surface area contributed by atoms with Gasteiger partial charge in [-0.25, -0.2) is 9.97 Å². The second-order valence-corrected chi connectivity index (χ2v) is 6.49. The summed E-state index contributed by atoms with van der Waals surface area (Å²) in [5.74, 6) is 1.70. The first-order valence-electron chi connectivity index (χ1n) is 7.73. The fourth-order valence-corrected chi connectivity index (χ4v) is 3.33. The number of benzene rings is 1. The first-order chi connectivity index (χ1) is 11.8. The van der Waals surface area contributed by atoms with Crippen molar-refractivity contribution in [2.75, 3.05) is 11.9 Å². The van der Waals surface area contributed by atoms with E-state index in [-0.39, 0.29) is 0 Å². The van der Waals surface area contributed by atoms with Crippen LogP contribution in [0.2, 0.25) is 0 Å². The molecule has 0 saturated carbocycles. The summed E-state index contributed by atoms with van der Waals surface area (Å²) in [5, 5.41) is 3.10. The summed E-state index contributed by atoms with van der Waals surface area (Å²) in [7, 11) is 2.04. The lowest BCUT2D eigenvalue weighted by Crippen LogP contribution is -2.19. The van der Waals surface area contributed by atoms with Gasteiger partial charge in [0.15, 0.2) is 5.82 Å². The Morgan fingerprint density at radius 1 is 0.958 bits per heavy atom. The first kappa shape index (κ1) is 14.8. The van der Waals surface area contributed by atoms with Crippen LogP contribution in [0.1, 0.15) is 5.69 Å². The average Bonchev–Trinajstić information content (AvgIpc) is 3.16. The Hall–Kier alpha value is -2.79. The highest BCUT2D eigenvalue weighted by atomic mass is 32.1. The number of para-hydroxylation sites is 1. The van der Waals surface area contributed by atoms with Crippen LogP contribution in [-0.2, 0) is 6.54 Å². The molecule has 3 aromatic heterocycles. The normalized spacial score (nSPS) is 10.9. The van der Waals surface area contributed by atoms with Crippen LogP contribution in [0.25, 0.3) is 21.6 Å². The van der Waals surface area contributed by atoms with Crippen molar-refractivity contribution in [1.82, 2.24) is 15.0 Å². The lowest BCUT2D eigenvalue weighted by Gasteiger charge is -2.20. The SMILES string of the molecule is CN(Cc1ccccn1)c1nc(-c2cccs2)nc2ccccc12. The summed E-state index contributed by atoms with van der Waals surface area (Å²) < 4.78 is 0. The Morgan fingerprint density at radius 3 is 2.62 bits per heavy atom. The summed E-state index contributed by atoms with van der Waals surface area (Å²) >= 11 is 1.65. The number of hydrogen-bond donors (Lipinski definition) is 0. The van der Waals surface area contributed by atoms with E-state index in [1.54, 1.807) is 11.3 Å². The summed E-state index contributed by atoms with van der Waals surface area (Å²) in [6, 6.07) is 18.2. The van der Waals surface area contributed by atoms with Crippen LogP contribution in [0.5, 0.6) is 0 Å². The Bertz CT molecular complexity index is 952. The van der Waals surface area contributed by atoms with Crippen LogP contribution < -0.4 is 4.90 Å². The lowest BCUT2D eigenvalue weighted by molar-refractivity contribution is 0.869. The van der Waals surface area contributed by atoms with Gasteiger partial charge >= 0.3 is 0 Å². The monoisotopic (exact) mass is 332 g/mol. The van der Waals surface area contributed by atoms with Gasteiger partial charge in [0.25, 0.3) is 0 Å². The molecule has 4 aromatic rings. The van der Waals surface area contributed by atoms with Gasteiger partial charge in [-0.1, -0.05) is 24.3 Å². The molecule has 0 aliphatic rings. The van der Waals surface area contributed by atoms with Gasteiger partial charge in [0.2, 0.25) is 0 Å². The zero-order valence-corrected chi connectivity index (χ0v) is 14.1. The van der Waals surface area contributed by atoms with Crippen molar-refractivity contribution in [2.45, 2.75) is 6.54 Å². The van der Waals surface area contributed by atoms with E-state index in [1.165, 1.54) is 0 Å². The van der Waals surface area contributed by atoms with E-state index in [1.807, 2.05) is 61.1 Å². The van der Waals surface area contributed by atoms with Crippen molar-refractivity contribution >= 4 is 28.1 Å². The Labute approximate surface area is 144 Å². The number of pyridine rings is 1. The highest BCUT2D eigenvalue weighted by molar-refractivity contribution is 7.13. The van der Waals surface area contributed by atoms with Gasteiger partial charge in [-0.05, 0) is 35.7 Å². The fraction of sp³-hybridized carbons (Fsp3) is 0.105. The van der Waals surface area contributed by atoms with Crippen molar-refractivity contribution in [2.24, 2.45) is 0 Å². The minimum Gasteiger partial charge on any atom is -0.353 e. The maximum Gasteiger partial charge on any atom is 0.172 e. The predicted octanol–water partition coefficient (Wildman–Crippen LogP) is 4.39. The first-order valence-corrected chi connectivity index (χ1v) is 8.61. The quantitative estimate of drug-likeness (QED) is 0.556. The molecule has 0 bridgehead atoms. The van der Waals surface area contributed by atoms with Crippen LogP contribution in [-0.4, -0.2) is 22.0 Å². The summed E-state index contributed by atoms with van der Waals surface area (Å²) in [4.78, 5) is 17.2. The van der Waals surface area contributed by atoms with E-state index in [0.717, 1.165) is 33.1 Å². The molecule has 0 radical (unpaired) electrons. The van der Waals surface area contributed by atoms with Gasteiger partial charge in [0, 0.05) is 18.6 Å². The third-order valence-electron chi connectivity index (χ3n) is 3.81. The topological polar surface area (TPSA) is 41.9 Å². The lowest BCUT2D eigenvalue weighted by atomic mass is 10.2. The van der Waals surface area contributed by atoms with Gasteiger partial charge in [-0.3, -0.25) is 4.98 Å². The van der Waals surface area contributed by atoms with Crippen LogP contribution >= 0.6 is 11.3 Å². The molecule has 0 fully saturated rings. The van der Waals surface area contributed by atoms with Gasteiger partial charge in [-0.15, -0.1) is 11.3 Å². The summed E-state index contributed by atoms with van der Waals surface area (Å²) in [6.07, 6.45) is 1.82. The highest BCUT2D eigenvalue weighted by Crippen LogP contribution is 2.29. The van der Waals surface area contributed by atoms with Gasteiger partial charge < -0.3 is 4.90 Å². The standard InChI is InChI=1S/C19H16N4S/c1-23(13-14-7-4-5-11-20-14)19-15-8-2-3-9-16(15)21-18(22-19)17-10-6-12-24-17/h2-12H,13H2,1H3. The Morgan fingerprint density at radius 2 is 1.83 bits per heavy atom. The molecule has 0 aliphatic heterocycles. The number of thiophene rings is 1. The number of fused-ring (bicyclic) bond motifs is 1. The van der Waals surface area contributed by atoms with Gasteiger partial charge in [0.1, 0.15) is 5.82 Å². The van der Waals surface area contributed by atoms with Crippen molar-refractivity contribution in [3.63, 3.8) is 0 Å². The molecule has 4 nitrogen and oxygen atoms in total. The molecule has 24 heavy (non-hydrogen) atoms. The van der Waals surface area contributed by atoms with Crippen LogP contribution in [0.3, 0.4) is 0 Å². The zero-order valence-electron chi connectivity index (χ0n) is 13.3. The van der Waals surface area contributed by atoms with E-state index < -0.39 is 0 Å². The van der Waals surface area contributed by atoms with E-state index in [0.29, 0.717) is 6.54 Å². The Kier molecular flexibility index (Phi) is 3.92. The number of rotatable bonds is 4. The summed E-state index contributed by atoms with van der Waals surface area (Å²) in [6.45, 7) is 0.700. The average molecular weight is 332 g/mol. The smallest absolute Gasteiger partial charge is 0.172 e. The van der Waals surface area contributed by atoms with Crippen molar-refractivity contribution in [3.8, 4) is 10.7 Å². The maximum absolute atomic E-state index is 4.84. The molecular weight excluding hydrogens is 316 g/mol. The molecule has 118 valence electrons. The zero-order chi connectivity index (χ0) is 16.4. The second-order valence-electron chi connectivity index (χ2n) is 5.54. The molecule has 0 saturated heterocycles. The molecule has 0 aliphatic carbocycles. The molecule has 5 heteroatoms. The van der Waals surface area contributed by atoms with Gasteiger partial charge in [-0.2, -0.15) is 0 Å². The van der Waals surface area contributed by atoms with E-state index >= 15 is 0 Å². The van der Waals surface area contributed by atoms with Crippen LogP contribution in [0.15, 0.2) is 66.2 Å². The molecule has 0 amide bonds. The molecule has 0 N–H and O–H groups in total. The Balaban J connectivity index is 1.80. The molecule has 0 atom stereocenters. The highest BCUT2D eigenvalue weighted by Gasteiger charge is 2.13. The van der Waals surface area contributed by atoms with Crippen molar-refractivity contribution in [1.29, 1.82) is 0 Å². The van der Waals surface area contributed by atoms with E-state index in [9.17, 15) is 0 Å². The molecular formula is C19H16N4S. The molecule has 1 aromatic carbocycles.